The van der Waals surface area contributed by atoms with Crippen molar-refractivity contribution in [2.75, 3.05) is 15.9 Å². The molecule has 28 heavy (non-hydrogen) atoms. The van der Waals surface area contributed by atoms with Gasteiger partial charge in [0.2, 0.25) is 15.9 Å². The van der Waals surface area contributed by atoms with E-state index in [4.69, 9.17) is 0 Å². The van der Waals surface area contributed by atoms with Gasteiger partial charge in [0.25, 0.3) is 0 Å². The van der Waals surface area contributed by atoms with E-state index in [0.29, 0.717) is 5.69 Å². The van der Waals surface area contributed by atoms with E-state index in [1.54, 1.807) is 13.0 Å². The van der Waals surface area contributed by atoms with Crippen molar-refractivity contribution < 1.29 is 17.6 Å². The molecular weight excluding hydrogens is 379 g/mol. The predicted molar refractivity (Wildman–Crippen MR) is 110 cm³/mol. The lowest BCUT2D eigenvalue weighted by atomic mass is 10.1. The van der Waals surface area contributed by atoms with Crippen LogP contribution < -0.4 is 9.62 Å². The lowest BCUT2D eigenvalue weighted by Gasteiger charge is -2.30. The summed E-state index contributed by atoms with van der Waals surface area (Å²) in [6.45, 7) is 1.73. The SMILES string of the molecule is CC[C@H](C(=O)Nc1cccc2ccccc12)N(c1ccc(F)cc1)S(C)(=O)=O. The molecule has 0 spiro atoms. The van der Waals surface area contributed by atoms with E-state index in [-0.39, 0.29) is 12.1 Å². The second kappa shape index (κ2) is 7.98. The number of anilines is 2. The number of nitrogens with zero attached hydrogens (tertiary/aromatic N) is 1. The molecule has 3 aromatic carbocycles. The molecule has 5 nitrogen and oxygen atoms in total. The molecule has 0 aliphatic rings. The zero-order valence-corrected chi connectivity index (χ0v) is 16.4. The largest absolute Gasteiger partial charge is 0.324 e. The van der Waals surface area contributed by atoms with Gasteiger partial charge in [-0.15, -0.1) is 0 Å². The average Bonchev–Trinajstić information content (AvgIpc) is 2.66. The fourth-order valence-electron chi connectivity index (χ4n) is 3.20. The van der Waals surface area contributed by atoms with E-state index in [0.717, 1.165) is 21.3 Å². The van der Waals surface area contributed by atoms with Crippen LogP contribution in [0.5, 0.6) is 0 Å². The van der Waals surface area contributed by atoms with Crippen molar-refractivity contribution in [3.05, 3.63) is 72.5 Å². The zero-order valence-electron chi connectivity index (χ0n) is 15.6. The molecular formula is C21H21FN2O3S. The lowest BCUT2D eigenvalue weighted by Crippen LogP contribution is -2.47. The van der Waals surface area contributed by atoms with E-state index in [9.17, 15) is 17.6 Å². The van der Waals surface area contributed by atoms with E-state index >= 15 is 0 Å². The van der Waals surface area contributed by atoms with Crippen molar-refractivity contribution in [3.63, 3.8) is 0 Å². The molecule has 0 saturated heterocycles. The number of fused-ring (bicyclic) bond motifs is 1. The maximum absolute atomic E-state index is 13.3. The number of carbonyl (C=O) groups excluding carboxylic acids is 1. The van der Waals surface area contributed by atoms with Gasteiger partial charge in [0.05, 0.1) is 11.9 Å². The first-order valence-corrected chi connectivity index (χ1v) is 10.7. The van der Waals surface area contributed by atoms with Crippen molar-refractivity contribution in [2.24, 2.45) is 0 Å². The van der Waals surface area contributed by atoms with Gasteiger partial charge >= 0.3 is 0 Å². The highest BCUT2D eigenvalue weighted by molar-refractivity contribution is 7.92. The summed E-state index contributed by atoms with van der Waals surface area (Å²) in [7, 11) is -3.77. The van der Waals surface area contributed by atoms with E-state index in [1.165, 1.54) is 24.3 Å². The second-order valence-corrected chi connectivity index (χ2v) is 8.33. The molecule has 0 aromatic heterocycles. The number of carbonyl (C=O) groups is 1. The Bertz CT molecular complexity index is 1090. The number of sulfonamides is 1. The quantitative estimate of drug-likeness (QED) is 0.676. The number of halogens is 1. The molecule has 7 heteroatoms. The van der Waals surface area contributed by atoms with Gasteiger partial charge in [-0.2, -0.15) is 0 Å². The highest BCUT2D eigenvalue weighted by Gasteiger charge is 2.31. The van der Waals surface area contributed by atoms with Crippen LogP contribution in [0, 0.1) is 5.82 Å². The maximum Gasteiger partial charge on any atom is 0.248 e. The van der Waals surface area contributed by atoms with Crippen LogP contribution in [-0.4, -0.2) is 26.6 Å². The first kappa shape index (κ1) is 19.8. The first-order chi connectivity index (χ1) is 13.3. The standard InChI is InChI=1S/C21H21FN2O3S/c1-3-20(24(28(2,26)27)17-13-11-16(22)12-14-17)21(25)23-19-10-6-8-15-7-4-5-9-18(15)19/h4-14,20H,3H2,1-2H3,(H,23,25)/t20-/m1/s1. The molecule has 0 radical (unpaired) electrons. The van der Waals surface area contributed by atoms with Crippen molar-refractivity contribution in [3.8, 4) is 0 Å². The number of benzene rings is 3. The minimum Gasteiger partial charge on any atom is -0.324 e. The van der Waals surface area contributed by atoms with E-state index in [1.807, 2.05) is 36.4 Å². The Morgan fingerprint density at radius 2 is 1.68 bits per heavy atom. The fourth-order valence-corrected chi connectivity index (χ4v) is 4.41. The predicted octanol–water partition coefficient (Wildman–Crippen LogP) is 4.16. The summed E-state index contributed by atoms with van der Waals surface area (Å²) in [6, 6.07) is 17.2. The van der Waals surface area contributed by atoms with Gasteiger partial charge in [0, 0.05) is 11.1 Å². The minimum absolute atomic E-state index is 0.240. The Hall–Kier alpha value is -2.93. The van der Waals surface area contributed by atoms with Crippen LogP contribution in [0.4, 0.5) is 15.8 Å². The molecule has 3 rings (SSSR count). The van der Waals surface area contributed by atoms with Gasteiger partial charge in [-0.25, -0.2) is 12.8 Å². The van der Waals surface area contributed by atoms with Crippen LogP contribution in [0.25, 0.3) is 10.8 Å². The van der Waals surface area contributed by atoms with Crippen LogP contribution in [0.15, 0.2) is 66.7 Å². The summed E-state index contributed by atoms with van der Waals surface area (Å²) in [6.07, 6.45) is 1.28. The van der Waals surface area contributed by atoms with Gasteiger partial charge in [-0.05, 0) is 42.1 Å². The third-order valence-electron chi connectivity index (χ3n) is 4.46. The van der Waals surface area contributed by atoms with Crippen LogP contribution in [0.3, 0.4) is 0 Å². The first-order valence-electron chi connectivity index (χ1n) is 8.85. The number of rotatable bonds is 6. The third kappa shape index (κ3) is 4.14. The molecule has 0 unspecified atom stereocenters. The number of nitrogens with one attached hydrogen (secondary N) is 1. The number of hydrogen-bond donors (Lipinski definition) is 1. The Morgan fingerprint density at radius 1 is 1.04 bits per heavy atom. The van der Waals surface area contributed by atoms with Crippen LogP contribution in [0.2, 0.25) is 0 Å². The van der Waals surface area contributed by atoms with E-state index < -0.39 is 27.8 Å². The average molecular weight is 400 g/mol. The Morgan fingerprint density at radius 3 is 2.32 bits per heavy atom. The van der Waals surface area contributed by atoms with Gasteiger partial charge in [0.1, 0.15) is 11.9 Å². The summed E-state index contributed by atoms with van der Waals surface area (Å²) in [5, 5.41) is 4.68. The topological polar surface area (TPSA) is 66.5 Å². The van der Waals surface area contributed by atoms with E-state index in [2.05, 4.69) is 5.32 Å². The summed E-state index contributed by atoms with van der Waals surface area (Å²) in [5.41, 5.74) is 0.845. The molecule has 0 aliphatic carbocycles. The fraction of sp³-hybridized carbons (Fsp3) is 0.190. The minimum atomic E-state index is -3.77. The van der Waals surface area contributed by atoms with Crippen LogP contribution in [-0.2, 0) is 14.8 Å². The molecule has 0 aliphatic heterocycles. The van der Waals surface area contributed by atoms with Crippen LogP contribution >= 0.6 is 0 Å². The molecule has 0 bridgehead atoms. The highest BCUT2D eigenvalue weighted by Crippen LogP contribution is 2.26. The van der Waals surface area contributed by atoms with Gasteiger partial charge in [-0.3, -0.25) is 9.10 Å². The monoisotopic (exact) mass is 400 g/mol. The maximum atomic E-state index is 13.3. The lowest BCUT2D eigenvalue weighted by molar-refractivity contribution is -0.117. The summed E-state index contributed by atoms with van der Waals surface area (Å²) in [5.74, 6) is -0.931. The van der Waals surface area contributed by atoms with Crippen molar-refractivity contribution >= 4 is 38.1 Å². The molecule has 0 heterocycles. The molecule has 1 amide bonds. The molecule has 3 aromatic rings. The zero-order chi connectivity index (χ0) is 20.3. The summed E-state index contributed by atoms with van der Waals surface area (Å²) in [4.78, 5) is 13.0. The highest BCUT2D eigenvalue weighted by atomic mass is 32.2. The van der Waals surface area contributed by atoms with Gasteiger partial charge in [0.15, 0.2) is 0 Å². The summed E-state index contributed by atoms with van der Waals surface area (Å²) < 4.78 is 39.2. The molecule has 0 fully saturated rings. The van der Waals surface area contributed by atoms with Crippen molar-refractivity contribution in [1.29, 1.82) is 0 Å². The number of hydrogen-bond acceptors (Lipinski definition) is 3. The molecule has 1 atom stereocenters. The molecule has 1 N–H and O–H groups in total. The van der Waals surface area contributed by atoms with Gasteiger partial charge in [-0.1, -0.05) is 43.3 Å². The molecule has 146 valence electrons. The number of amides is 1. The van der Waals surface area contributed by atoms with Crippen LogP contribution in [0.1, 0.15) is 13.3 Å². The Balaban J connectivity index is 1.97. The van der Waals surface area contributed by atoms with Crippen molar-refractivity contribution in [1.82, 2.24) is 0 Å². The second-order valence-electron chi connectivity index (χ2n) is 6.48. The smallest absolute Gasteiger partial charge is 0.248 e. The summed E-state index contributed by atoms with van der Waals surface area (Å²) >= 11 is 0. The normalized spacial score (nSPS) is 12.5. The Labute approximate surface area is 163 Å². The van der Waals surface area contributed by atoms with Gasteiger partial charge < -0.3 is 5.32 Å². The van der Waals surface area contributed by atoms with Crippen molar-refractivity contribution in [2.45, 2.75) is 19.4 Å². The Kier molecular flexibility index (Phi) is 5.65. The molecule has 0 saturated carbocycles. The third-order valence-corrected chi connectivity index (χ3v) is 5.64.